The normalized spacial score (nSPS) is 15.2. The van der Waals surface area contributed by atoms with Crippen molar-refractivity contribution in [1.29, 1.82) is 0 Å². The van der Waals surface area contributed by atoms with Crippen molar-refractivity contribution in [2.24, 2.45) is 7.05 Å². The van der Waals surface area contributed by atoms with Gasteiger partial charge in [0.2, 0.25) is 5.95 Å². The lowest BCUT2D eigenvalue weighted by Crippen LogP contribution is -2.35. The van der Waals surface area contributed by atoms with E-state index in [1.54, 1.807) is 29.9 Å². The van der Waals surface area contributed by atoms with E-state index < -0.39 is 5.97 Å². The number of fused-ring (bicyclic) bond motifs is 1. The Hall–Kier alpha value is -3.42. The highest BCUT2D eigenvalue weighted by molar-refractivity contribution is 5.93. The van der Waals surface area contributed by atoms with Crippen LogP contribution in [-0.2, 0) is 7.05 Å². The third-order valence-electron chi connectivity index (χ3n) is 5.61. The number of rotatable bonds is 5. The molecule has 3 aromatic rings. The molecule has 0 saturated carbocycles. The van der Waals surface area contributed by atoms with Crippen molar-refractivity contribution >= 4 is 28.6 Å². The Labute approximate surface area is 174 Å². The molecule has 3 heterocycles. The summed E-state index contributed by atoms with van der Waals surface area (Å²) in [7, 11) is 1.76. The number of hydrogen-bond acceptors (Lipinski definition) is 6. The zero-order chi connectivity index (χ0) is 21.3. The monoisotopic (exact) mass is 407 g/mol. The summed E-state index contributed by atoms with van der Waals surface area (Å²) in [5, 5.41) is 13.2. The molecule has 1 aliphatic heterocycles. The Balaban J connectivity index is 1.78. The minimum Gasteiger partial charge on any atom is -0.478 e. The molecule has 1 fully saturated rings. The fourth-order valence-corrected chi connectivity index (χ4v) is 4.01. The van der Waals surface area contributed by atoms with Crippen LogP contribution in [0.25, 0.3) is 10.9 Å². The zero-order valence-corrected chi connectivity index (χ0v) is 17.1. The van der Waals surface area contributed by atoms with E-state index in [0.29, 0.717) is 16.9 Å². The minimum atomic E-state index is -1.05. The van der Waals surface area contributed by atoms with Gasteiger partial charge in [0.1, 0.15) is 11.4 Å². The maximum absolute atomic E-state index is 13.1. The molecule has 0 aliphatic carbocycles. The number of pyridine rings is 1. The highest BCUT2D eigenvalue weighted by atomic mass is 16.4. The fraction of sp³-hybridized carbons (Fsp3) is 0.364. The van der Waals surface area contributed by atoms with E-state index in [2.05, 4.69) is 15.2 Å². The quantitative estimate of drug-likeness (QED) is 0.670. The summed E-state index contributed by atoms with van der Waals surface area (Å²) < 4.78 is 1.62. The molecule has 1 atom stereocenters. The molecule has 2 N–H and O–H groups in total. The summed E-state index contributed by atoms with van der Waals surface area (Å²) in [6.45, 7) is 3.68. The van der Waals surface area contributed by atoms with E-state index >= 15 is 0 Å². The van der Waals surface area contributed by atoms with Crippen LogP contribution in [0.3, 0.4) is 0 Å². The van der Waals surface area contributed by atoms with Crippen LogP contribution in [0.5, 0.6) is 0 Å². The number of anilines is 2. The summed E-state index contributed by atoms with van der Waals surface area (Å²) in [5.41, 5.74) is 1.47. The number of benzene rings is 1. The van der Waals surface area contributed by atoms with Gasteiger partial charge in [-0.2, -0.15) is 0 Å². The second-order valence-corrected chi connectivity index (χ2v) is 7.64. The van der Waals surface area contributed by atoms with Crippen molar-refractivity contribution in [3.63, 3.8) is 0 Å². The van der Waals surface area contributed by atoms with Gasteiger partial charge in [0, 0.05) is 31.9 Å². The minimum absolute atomic E-state index is 0.0846. The van der Waals surface area contributed by atoms with Crippen LogP contribution in [-0.4, -0.2) is 38.7 Å². The predicted octanol–water partition coefficient (Wildman–Crippen LogP) is 3.19. The number of aromatic carboxylic acids is 1. The summed E-state index contributed by atoms with van der Waals surface area (Å²) in [4.78, 5) is 35.8. The molecule has 156 valence electrons. The van der Waals surface area contributed by atoms with Crippen LogP contribution in [0.2, 0.25) is 0 Å². The molecule has 1 aromatic carbocycles. The Morgan fingerprint density at radius 1 is 1.17 bits per heavy atom. The van der Waals surface area contributed by atoms with E-state index in [9.17, 15) is 14.7 Å². The number of nitrogens with one attached hydrogen (secondary N) is 1. The first-order chi connectivity index (χ1) is 14.5. The van der Waals surface area contributed by atoms with Crippen molar-refractivity contribution in [3.8, 4) is 0 Å². The standard InChI is InChI=1S/C22H25N5O3/c1-14(24-19-17(21(29)30)10-7-11-23-19)15-8-6-9-16-18(15)25-22(26(2)20(16)28)27-12-4-3-5-13-27/h6-11,14H,3-5,12-13H2,1-2H3,(H,23,24)(H,29,30)/t14-/m1/s1. The summed E-state index contributed by atoms with van der Waals surface area (Å²) >= 11 is 0. The number of hydrogen-bond donors (Lipinski definition) is 2. The molecular formula is C22H25N5O3. The lowest BCUT2D eigenvalue weighted by Gasteiger charge is -2.29. The smallest absolute Gasteiger partial charge is 0.339 e. The molecule has 1 saturated heterocycles. The number of nitrogens with zero attached hydrogens (tertiary/aromatic N) is 4. The van der Waals surface area contributed by atoms with Gasteiger partial charge >= 0.3 is 5.97 Å². The van der Waals surface area contributed by atoms with Crippen molar-refractivity contribution in [3.05, 3.63) is 58.0 Å². The lowest BCUT2D eigenvalue weighted by molar-refractivity contribution is 0.0697. The molecular weight excluding hydrogens is 382 g/mol. The fourth-order valence-electron chi connectivity index (χ4n) is 4.01. The number of piperidine rings is 1. The van der Waals surface area contributed by atoms with Crippen LogP contribution < -0.4 is 15.8 Å². The molecule has 8 nitrogen and oxygen atoms in total. The van der Waals surface area contributed by atoms with Gasteiger partial charge < -0.3 is 15.3 Å². The first kappa shape index (κ1) is 19.9. The maximum Gasteiger partial charge on any atom is 0.339 e. The van der Waals surface area contributed by atoms with Crippen molar-refractivity contribution in [2.45, 2.75) is 32.2 Å². The predicted molar refractivity (Wildman–Crippen MR) is 116 cm³/mol. The van der Waals surface area contributed by atoms with Gasteiger partial charge in [-0.05, 0) is 44.4 Å². The second-order valence-electron chi connectivity index (χ2n) is 7.64. The zero-order valence-electron chi connectivity index (χ0n) is 17.1. The highest BCUT2D eigenvalue weighted by Gasteiger charge is 2.21. The summed E-state index contributed by atoms with van der Waals surface area (Å²) in [6.07, 6.45) is 4.92. The van der Waals surface area contributed by atoms with E-state index in [4.69, 9.17) is 4.98 Å². The number of carboxylic acids is 1. The van der Waals surface area contributed by atoms with E-state index in [1.807, 2.05) is 19.1 Å². The molecule has 8 heteroatoms. The third-order valence-corrected chi connectivity index (χ3v) is 5.61. The Kier molecular flexibility index (Phi) is 5.39. The van der Waals surface area contributed by atoms with Gasteiger partial charge in [-0.1, -0.05) is 12.1 Å². The third kappa shape index (κ3) is 3.60. The van der Waals surface area contributed by atoms with Crippen molar-refractivity contribution < 1.29 is 9.90 Å². The molecule has 1 aliphatic rings. The van der Waals surface area contributed by atoms with E-state index in [-0.39, 0.29) is 23.0 Å². The molecule has 2 aromatic heterocycles. The van der Waals surface area contributed by atoms with E-state index in [0.717, 1.165) is 31.5 Å². The number of carbonyl (C=O) groups is 1. The first-order valence-corrected chi connectivity index (χ1v) is 10.2. The number of aromatic nitrogens is 3. The summed E-state index contributed by atoms with van der Waals surface area (Å²) in [6, 6.07) is 8.33. The average Bonchev–Trinajstić information content (AvgIpc) is 2.76. The number of para-hydroxylation sites is 1. The lowest BCUT2D eigenvalue weighted by atomic mass is 10.0. The molecule has 30 heavy (non-hydrogen) atoms. The second kappa shape index (κ2) is 8.14. The van der Waals surface area contributed by atoms with Crippen LogP contribution in [0.4, 0.5) is 11.8 Å². The van der Waals surface area contributed by atoms with Crippen LogP contribution in [0.1, 0.15) is 48.1 Å². The van der Waals surface area contributed by atoms with Gasteiger partial charge in [0.25, 0.3) is 5.56 Å². The van der Waals surface area contributed by atoms with Gasteiger partial charge in [-0.3, -0.25) is 9.36 Å². The van der Waals surface area contributed by atoms with Gasteiger partial charge in [0.15, 0.2) is 0 Å². The molecule has 0 unspecified atom stereocenters. The maximum atomic E-state index is 13.1. The largest absolute Gasteiger partial charge is 0.478 e. The van der Waals surface area contributed by atoms with Crippen LogP contribution in [0, 0.1) is 0 Å². The molecule has 0 amide bonds. The molecule has 4 rings (SSSR count). The van der Waals surface area contributed by atoms with E-state index in [1.165, 1.54) is 12.5 Å². The van der Waals surface area contributed by atoms with Crippen LogP contribution >= 0.6 is 0 Å². The van der Waals surface area contributed by atoms with Gasteiger partial charge in [-0.15, -0.1) is 0 Å². The van der Waals surface area contributed by atoms with Crippen molar-refractivity contribution in [1.82, 2.24) is 14.5 Å². The van der Waals surface area contributed by atoms with Crippen LogP contribution in [0.15, 0.2) is 41.3 Å². The first-order valence-electron chi connectivity index (χ1n) is 10.2. The Morgan fingerprint density at radius 3 is 2.67 bits per heavy atom. The van der Waals surface area contributed by atoms with Gasteiger partial charge in [0.05, 0.1) is 16.9 Å². The highest BCUT2D eigenvalue weighted by Crippen LogP contribution is 2.27. The number of carboxylic acid groups (broad SMARTS) is 1. The Bertz CT molecular complexity index is 1150. The molecule has 0 radical (unpaired) electrons. The average molecular weight is 407 g/mol. The van der Waals surface area contributed by atoms with Gasteiger partial charge in [-0.25, -0.2) is 14.8 Å². The molecule has 0 bridgehead atoms. The SMILES string of the molecule is C[C@@H](Nc1ncccc1C(=O)O)c1cccc2c(=O)n(C)c(N3CCCCC3)nc12. The molecule has 0 spiro atoms. The topological polar surface area (TPSA) is 100 Å². The van der Waals surface area contributed by atoms with Crippen molar-refractivity contribution in [2.75, 3.05) is 23.3 Å². The Morgan fingerprint density at radius 2 is 1.93 bits per heavy atom. The summed E-state index contributed by atoms with van der Waals surface area (Å²) in [5.74, 6) is -0.0828.